The largest absolute Gasteiger partial charge is 0.497 e. The highest BCUT2D eigenvalue weighted by molar-refractivity contribution is 5.51. The summed E-state index contributed by atoms with van der Waals surface area (Å²) in [5.41, 5.74) is 2.64. The van der Waals surface area contributed by atoms with Crippen LogP contribution in [0.2, 0.25) is 0 Å². The number of aliphatic hydroxyl groups is 1. The summed E-state index contributed by atoms with van der Waals surface area (Å²) in [4.78, 5) is 4.62. The molecule has 0 saturated carbocycles. The highest BCUT2D eigenvalue weighted by Gasteiger charge is 2.20. The number of β-amino-alcohol motifs (C(OH)–C–C–N with tert-alkyl or cyclic N) is 1. The van der Waals surface area contributed by atoms with Crippen molar-refractivity contribution in [3.63, 3.8) is 0 Å². The summed E-state index contributed by atoms with van der Waals surface area (Å²) < 4.78 is 5.29. The van der Waals surface area contributed by atoms with Crippen LogP contribution in [-0.4, -0.2) is 49.8 Å². The summed E-state index contributed by atoms with van der Waals surface area (Å²) in [7, 11) is 1.68. The zero-order valence-electron chi connectivity index (χ0n) is 14.4. The summed E-state index contributed by atoms with van der Waals surface area (Å²) in [6.45, 7) is 4.27. The Bertz CT molecular complexity index is 731. The summed E-state index contributed by atoms with van der Waals surface area (Å²) >= 11 is 0. The molecule has 5 nitrogen and oxygen atoms in total. The van der Waals surface area contributed by atoms with Crippen LogP contribution in [0.4, 0.5) is 5.69 Å². The molecule has 0 aromatic heterocycles. The summed E-state index contributed by atoms with van der Waals surface area (Å²) in [6.07, 6.45) is -0.531. The lowest BCUT2D eigenvalue weighted by Crippen LogP contribution is -2.47. The minimum Gasteiger partial charge on any atom is -0.497 e. The zero-order chi connectivity index (χ0) is 17.6. The average molecular weight is 337 g/mol. The second-order valence-electron chi connectivity index (χ2n) is 6.24. The molecule has 1 saturated heterocycles. The number of nitriles is 1. The Morgan fingerprint density at radius 2 is 1.84 bits per heavy atom. The average Bonchev–Trinajstić information content (AvgIpc) is 2.68. The van der Waals surface area contributed by atoms with Gasteiger partial charge in [0.15, 0.2) is 0 Å². The number of hydrogen-bond acceptors (Lipinski definition) is 5. The molecule has 1 aliphatic heterocycles. The van der Waals surface area contributed by atoms with Gasteiger partial charge >= 0.3 is 0 Å². The number of hydrogen-bond donors (Lipinski definition) is 1. The third-order valence-electron chi connectivity index (χ3n) is 4.65. The van der Waals surface area contributed by atoms with Crippen LogP contribution in [0.5, 0.6) is 5.75 Å². The van der Waals surface area contributed by atoms with Crippen LogP contribution in [0.3, 0.4) is 0 Å². The first kappa shape index (κ1) is 17.3. The van der Waals surface area contributed by atoms with E-state index in [9.17, 15) is 5.11 Å². The quantitative estimate of drug-likeness (QED) is 0.908. The summed E-state index contributed by atoms with van der Waals surface area (Å²) in [5.74, 6) is 0.871. The highest BCUT2D eigenvalue weighted by Crippen LogP contribution is 2.23. The van der Waals surface area contributed by atoms with Gasteiger partial charge in [0.05, 0.1) is 24.8 Å². The van der Waals surface area contributed by atoms with Crippen LogP contribution >= 0.6 is 0 Å². The Kier molecular flexibility index (Phi) is 5.54. The van der Waals surface area contributed by atoms with Gasteiger partial charge in [0, 0.05) is 44.5 Å². The van der Waals surface area contributed by atoms with Crippen LogP contribution in [0, 0.1) is 11.3 Å². The van der Waals surface area contributed by atoms with E-state index in [1.807, 2.05) is 24.3 Å². The number of nitrogens with zero attached hydrogens (tertiary/aromatic N) is 3. The molecule has 0 amide bonds. The summed E-state index contributed by atoms with van der Waals surface area (Å²) in [5, 5.41) is 19.3. The van der Waals surface area contributed by atoms with Gasteiger partial charge in [-0.25, -0.2) is 0 Å². The van der Waals surface area contributed by atoms with Gasteiger partial charge in [0.1, 0.15) is 5.75 Å². The van der Waals surface area contributed by atoms with Gasteiger partial charge in [-0.15, -0.1) is 0 Å². The lowest BCUT2D eigenvalue weighted by Gasteiger charge is -2.37. The first-order chi connectivity index (χ1) is 12.2. The first-order valence-electron chi connectivity index (χ1n) is 8.49. The fourth-order valence-electron chi connectivity index (χ4n) is 3.13. The molecule has 1 N–H and O–H groups in total. The maximum Gasteiger partial charge on any atom is 0.120 e. The van der Waals surface area contributed by atoms with Gasteiger partial charge in [-0.2, -0.15) is 5.26 Å². The molecule has 2 aromatic rings. The van der Waals surface area contributed by atoms with Crippen molar-refractivity contribution in [3.8, 4) is 11.8 Å². The molecule has 0 spiro atoms. The Balaban J connectivity index is 1.54. The van der Waals surface area contributed by atoms with Crippen molar-refractivity contribution in [2.75, 3.05) is 44.7 Å². The van der Waals surface area contributed by atoms with Crippen molar-refractivity contribution in [1.82, 2.24) is 4.90 Å². The van der Waals surface area contributed by atoms with Crippen LogP contribution in [0.15, 0.2) is 48.5 Å². The minimum absolute atomic E-state index is 0.531. The molecule has 1 unspecified atom stereocenters. The molecule has 130 valence electrons. The van der Waals surface area contributed by atoms with Crippen LogP contribution in [0.25, 0.3) is 0 Å². The van der Waals surface area contributed by atoms with Crippen LogP contribution < -0.4 is 9.64 Å². The van der Waals surface area contributed by atoms with E-state index in [4.69, 9.17) is 10.00 Å². The molecular weight excluding hydrogens is 314 g/mol. The van der Waals surface area contributed by atoms with E-state index in [0.717, 1.165) is 37.5 Å². The fraction of sp³-hybridized carbons (Fsp3) is 0.350. The Labute approximate surface area is 148 Å². The van der Waals surface area contributed by atoms with E-state index < -0.39 is 6.10 Å². The number of aliphatic hydroxyl groups excluding tert-OH is 1. The van der Waals surface area contributed by atoms with Crippen molar-refractivity contribution in [1.29, 1.82) is 5.26 Å². The number of piperazine rings is 1. The number of benzene rings is 2. The lowest BCUT2D eigenvalue weighted by atomic mass is 10.1. The first-order valence-corrected chi connectivity index (χ1v) is 8.49. The lowest BCUT2D eigenvalue weighted by molar-refractivity contribution is 0.109. The Morgan fingerprint density at radius 1 is 1.12 bits per heavy atom. The second-order valence-corrected chi connectivity index (χ2v) is 6.24. The van der Waals surface area contributed by atoms with E-state index in [1.54, 1.807) is 19.2 Å². The number of rotatable bonds is 5. The number of methoxy groups -OCH3 is 1. The fourth-order valence-corrected chi connectivity index (χ4v) is 3.13. The minimum atomic E-state index is -0.531. The topological polar surface area (TPSA) is 59.7 Å². The number of anilines is 1. The molecule has 1 fully saturated rings. The van der Waals surface area contributed by atoms with E-state index in [0.29, 0.717) is 12.1 Å². The van der Waals surface area contributed by atoms with Gasteiger partial charge in [-0.1, -0.05) is 18.2 Å². The zero-order valence-corrected chi connectivity index (χ0v) is 14.4. The highest BCUT2D eigenvalue weighted by atomic mass is 16.5. The van der Waals surface area contributed by atoms with Crippen molar-refractivity contribution in [2.45, 2.75) is 6.10 Å². The molecule has 0 aliphatic carbocycles. The normalized spacial score (nSPS) is 16.3. The molecule has 25 heavy (non-hydrogen) atoms. The van der Waals surface area contributed by atoms with E-state index >= 15 is 0 Å². The van der Waals surface area contributed by atoms with E-state index in [-0.39, 0.29) is 0 Å². The molecule has 1 atom stereocenters. The molecule has 0 radical (unpaired) electrons. The SMILES string of the molecule is COc1cccc(N2CCN(CC(O)c3ccc(C#N)cc3)CC2)c1. The molecule has 1 aliphatic rings. The second kappa shape index (κ2) is 8.02. The third kappa shape index (κ3) is 4.30. The summed E-state index contributed by atoms with van der Waals surface area (Å²) in [6, 6.07) is 17.4. The van der Waals surface area contributed by atoms with Gasteiger partial charge in [0.2, 0.25) is 0 Å². The molecule has 0 bridgehead atoms. The standard InChI is InChI=1S/C20H23N3O2/c1-25-19-4-2-3-18(13-19)23-11-9-22(10-12-23)15-20(24)17-7-5-16(14-21)6-8-17/h2-8,13,20,24H,9-12,15H2,1H3. The predicted molar refractivity (Wildman–Crippen MR) is 97.8 cm³/mol. The van der Waals surface area contributed by atoms with Crippen molar-refractivity contribution in [2.24, 2.45) is 0 Å². The molecular formula is C20H23N3O2. The maximum atomic E-state index is 10.4. The van der Waals surface area contributed by atoms with Gasteiger partial charge in [-0.05, 0) is 29.8 Å². The Morgan fingerprint density at radius 3 is 2.48 bits per heavy atom. The van der Waals surface area contributed by atoms with Crippen molar-refractivity contribution in [3.05, 3.63) is 59.7 Å². The smallest absolute Gasteiger partial charge is 0.120 e. The molecule has 3 rings (SSSR count). The molecule has 5 heteroatoms. The maximum absolute atomic E-state index is 10.4. The van der Waals surface area contributed by atoms with E-state index in [1.165, 1.54) is 5.69 Å². The van der Waals surface area contributed by atoms with E-state index in [2.05, 4.69) is 28.0 Å². The third-order valence-corrected chi connectivity index (χ3v) is 4.65. The van der Waals surface area contributed by atoms with Crippen molar-refractivity contribution >= 4 is 5.69 Å². The van der Waals surface area contributed by atoms with Gasteiger partial charge in [0.25, 0.3) is 0 Å². The van der Waals surface area contributed by atoms with Crippen LogP contribution in [-0.2, 0) is 0 Å². The van der Waals surface area contributed by atoms with Crippen LogP contribution in [0.1, 0.15) is 17.2 Å². The number of ether oxygens (including phenoxy) is 1. The molecule has 1 heterocycles. The molecule has 2 aromatic carbocycles. The van der Waals surface area contributed by atoms with Gasteiger partial charge in [-0.3, -0.25) is 4.90 Å². The predicted octanol–water partition coefficient (Wildman–Crippen LogP) is 2.42. The van der Waals surface area contributed by atoms with Gasteiger partial charge < -0.3 is 14.7 Å². The van der Waals surface area contributed by atoms with Crippen molar-refractivity contribution < 1.29 is 9.84 Å². The Hall–Kier alpha value is -2.55. The monoisotopic (exact) mass is 337 g/mol.